The highest BCUT2D eigenvalue weighted by atomic mass is 16.7. The smallest absolute Gasteiger partial charge is 0.350 e. The molecule has 2 aliphatic rings. The summed E-state index contributed by atoms with van der Waals surface area (Å²) in [5.74, 6) is -3.31. The van der Waals surface area contributed by atoms with Gasteiger partial charge in [-0.3, -0.25) is 18.7 Å². The lowest BCUT2D eigenvalue weighted by molar-refractivity contribution is -0.161. The van der Waals surface area contributed by atoms with E-state index in [4.69, 9.17) is 37.9 Å². The van der Waals surface area contributed by atoms with E-state index in [1.807, 2.05) is 54.5 Å². The monoisotopic (exact) mass is 1130 g/mol. The first-order valence-corrected chi connectivity index (χ1v) is 26.4. The molecule has 2 saturated heterocycles. The van der Waals surface area contributed by atoms with Crippen LogP contribution in [-0.4, -0.2) is 130 Å². The standard InChI is InChI=1S/C31H34N2O8.C30H32N2O9/c1-6-25-27(41-26(35)17-39-30(36)22-14-18(2)20(4)19(3)15-22)28(38-5)29(40-25)33-13-12-23(32-31(33)37)16-24(34)21-10-8-7-9-11-21;1-17-12-21(13-18(2)19(17)3)29(36)39-16-25(35)41-26-24(15-33)40-28(27(26)38-4)32-11-10-22(31-30(32)37)14-23(34)20-8-6-5-7-9-20/h7-15,25,27-29H,6,16-17H2,1-5H3;5-13,24,26-28,33H,14-16H2,1-4H3. The average Bonchev–Trinajstić information content (AvgIpc) is 4.22. The summed E-state index contributed by atoms with van der Waals surface area (Å²) in [7, 11) is 2.77. The van der Waals surface area contributed by atoms with Crippen LogP contribution in [0.1, 0.15) is 112 Å². The molecule has 6 aromatic rings. The number of methoxy groups -OCH3 is 2. The fourth-order valence-electron chi connectivity index (χ4n) is 9.48. The first kappa shape index (κ1) is 61.3. The molecule has 82 heavy (non-hydrogen) atoms. The molecule has 0 radical (unpaired) electrons. The molecule has 0 bridgehead atoms. The first-order valence-electron chi connectivity index (χ1n) is 26.4. The van der Waals surface area contributed by atoms with E-state index in [1.165, 1.54) is 37.2 Å². The van der Waals surface area contributed by atoms with Crippen LogP contribution in [0.4, 0.5) is 0 Å². The zero-order valence-corrected chi connectivity index (χ0v) is 47.0. The molecule has 4 heterocycles. The molecular weight excluding hydrogens is 1060 g/mol. The van der Waals surface area contributed by atoms with Crippen LogP contribution in [0.2, 0.25) is 0 Å². The number of aromatic nitrogens is 4. The van der Waals surface area contributed by atoms with Gasteiger partial charge in [0.2, 0.25) is 0 Å². The van der Waals surface area contributed by atoms with E-state index in [-0.39, 0.29) is 30.1 Å². The summed E-state index contributed by atoms with van der Waals surface area (Å²) < 4.78 is 46.9. The zero-order valence-electron chi connectivity index (χ0n) is 47.0. The van der Waals surface area contributed by atoms with E-state index in [2.05, 4.69) is 9.97 Å². The predicted molar refractivity (Wildman–Crippen MR) is 294 cm³/mol. The molecule has 0 amide bonds. The third-order valence-electron chi connectivity index (χ3n) is 14.4. The Bertz CT molecular complexity index is 3150. The molecule has 0 spiro atoms. The van der Waals surface area contributed by atoms with Gasteiger partial charge < -0.3 is 43.0 Å². The number of Topliss-reactive ketones (excluding diaryl/α,β-unsaturated/α-hetero) is 2. The van der Waals surface area contributed by atoms with Gasteiger partial charge in [-0.05, 0) is 118 Å². The summed E-state index contributed by atoms with van der Waals surface area (Å²) in [4.78, 5) is 109. The van der Waals surface area contributed by atoms with Gasteiger partial charge in [0.15, 0.2) is 49.4 Å². The molecule has 2 aliphatic heterocycles. The Balaban J connectivity index is 0.000000236. The average molecular weight is 1130 g/mol. The van der Waals surface area contributed by atoms with Crippen LogP contribution in [0.3, 0.4) is 0 Å². The number of nitrogens with zero attached hydrogens (tertiary/aromatic N) is 4. The molecule has 0 aliphatic carbocycles. The Morgan fingerprint density at radius 3 is 1.23 bits per heavy atom. The number of rotatable bonds is 20. The van der Waals surface area contributed by atoms with Crippen molar-refractivity contribution in [2.24, 2.45) is 0 Å². The Kier molecular flexibility index (Phi) is 20.8. The van der Waals surface area contributed by atoms with Crippen LogP contribution < -0.4 is 11.4 Å². The summed E-state index contributed by atoms with van der Waals surface area (Å²) in [6.07, 6.45) is -4.18. The number of aliphatic hydroxyl groups excluding tert-OH is 1. The summed E-state index contributed by atoms with van der Waals surface area (Å²) in [6.45, 7) is 11.5. The van der Waals surface area contributed by atoms with Crippen molar-refractivity contribution >= 4 is 35.4 Å². The second-order valence-corrected chi connectivity index (χ2v) is 19.8. The maximum atomic E-state index is 13.0. The van der Waals surface area contributed by atoms with Gasteiger partial charge in [-0.1, -0.05) is 67.6 Å². The molecule has 0 saturated carbocycles. The number of ketones is 2. The number of ether oxygens (including phenoxy) is 8. The van der Waals surface area contributed by atoms with Gasteiger partial charge >= 0.3 is 35.3 Å². The molecule has 2 aromatic heterocycles. The maximum Gasteiger partial charge on any atom is 0.350 e. The van der Waals surface area contributed by atoms with Gasteiger partial charge in [-0.25, -0.2) is 28.8 Å². The van der Waals surface area contributed by atoms with Gasteiger partial charge in [-0.2, -0.15) is 9.97 Å². The number of benzene rings is 4. The lowest BCUT2D eigenvalue weighted by atomic mass is 10.0. The van der Waals surface area contributed by atoms with Gasteiger partial charge in [-0.15, -0.1) is 0 Å². The third-order valence-corrected chi connectivity index (χ3v) is 14.4. The van der Waals surface area contributed by atoms with Crippen molar-refractivity contribution < 1.29 is 71.8 Å². The molecule has 2 fully saturated rings. The summed E-state index contributed by atoms with van der Waals surface area (Å²) in [5.41, 5.74) is 6.82. The largest absolute Gasteiger partial charge is 0.454 e. The predicted octanol–water partition coefficient (Wildman–Crippen LogP) is 5.95. The number of aryl methyl sites for hydroxylation is 4. The van der Waals surface area contributed by atoms with E-state index in [1.54, 1.807) is 84.9 Å². The molecule has 8 atom stereocenters. The number of aliphatic hydroxyl groups is 1. The highest BCUT2D eigenvalue weighted by molar-refractivity contribution is 5.98. The molecular formula is C61H66N4O17. The quantitative estimate of drug-likeness (QED) is 0.0525. The molecule has 21 nitrogen and oxygen atoms in total. The Morgan fingerprint density at radius 1 is 0.524 bits per heavy atom. The van der Waals surface area contributed by atoms with Crippen molar-refractivity contribution in [3.05, 3.63) is 197 Å². The van der Waals surface area contributed by atoms with E-state index in [9.17, 15) is 43.5 Å². The van der Waals surface area contributed by atoms with Crippen LogP contribution in [0, 0.1) is 41.5 Å². The van der Waals surface area contributed by atoms with Gasteiger partial charge in [0.05, 0.1) is 48.1 Å². The van der Waals surface area contributed by atoms with Gasteiger partial charge in [0.1, 0.15) is 18.3 Å². The number of hydrogen-bond donors (Lipinski definition) is 1. The van der Waals surface area contributed by atoms with Crippen molar-refractivity contribution in [2.45, 2.75) is 117 Å². The first-order chi connectivity index (χ1) is 39.2. The maximum absolute atomic E-state index is 13.0. The molecule has 4 aromatic carbocycles. The molecule has 432 valence electrons. The minimum atomic E-state index is -1.11. The summed E-state index contributed by atoms with van der Waals surface area (Å²) >= 11 is 0. The Morgan fingerprint density at radius 2 is 0.890 bits per heavy atom. The lowest BCUT2D eigenvalue weighted by Crippen LogP contribution is -2.41. The van der Waals surface area contributed by atoms with Crippen LogP contribution in [-0.2, 0) is 60.3 Å². The third kappa shape index (κ3) is 14.8. The van der Waals surface area contributed by atoms with Gasteiger partial charge in [0, 0.05) is 37.7 Å². The highest BCUT2D eigenvalue weighted by Crippen LogP contribution is 2.35. The highest BCUT2D eigenvalue weighted by Gasteiger charge is 2.50. The van der Waals surface area contributed by atoms with Crippen LogP contribution >= 0.6 is 0 Å². The van der Waals surface area contributed by atoms with Crippen LogP contribution in [0.5, 0.6) is 0 Å². The molecule has 8 unspecified atom stereocenters. The minimum Gasteiger partial charge on any atom is -0.454 e. The number of carbonyl (C=O) groups is 6. The van der Waals surface area contributed by atoms with Crippen molar-refractivity contribution in [3.63, 3.8) is 0 Å². The summed E-state index contributed by atoms with van der Waals surface area (Å²) in [6, 6.07) is 27.3. The molecule has 21 heteroatoms. The number of hydrogen-bond acceptors (Lipinski definition) is 19. The van der Waals surface area contributed by atoms with Crippen LogP contribution in [0.25, 0.3) is 0 Å². The van der Waals surface area contributed by atoms with Crippen molar-refractivity contribution in [1.82, 2.24) is 19.1 Å². The zero-order chi connectivity index (χ0) is 59.4. The topological polar surface area (TPSA) is 266 Å². The minimum absolute atomic E-state index is 0.0302. The van der Waals surface area contributed by atoms with Crippen molar-refractivity contribution in [1.29, 1.82) is 0 Å². The normalized spacial score (nSPS) is 20.0. The van der Waals surface area contributed by atoms with E-state index >= 15 is 0 Å². The molecule has 1 N–H and O–H groups in total. The summed E-state index contributed by atoms with van der Waals surface area (Å²) in [5, 5.41) is 9.89. The molecule has 8 rings (SSSR count). The van der Waals surface area contributed by atoms with Crippen molar-refractivity contribution in [2.75, 3.05) is 34.0 Å². The second kappa shape index (κ2) is 27.9. The van der Waals surface area contributed by atoms with E-state index in [0.717, 1.165) is 37.9 Å². The lowest BCUT2D eigenvalue weighted by Gasteiger charge is -2.23. The van der Waals surface area contributed by atoms with E-state index < -0.39 is 104 Å². The Labute approximate surface area is 473 Å². The van der Waals surface area contributed by atoms with E-state index in [0.29, 0.717) is 34.4 Å². The second-order valence-electron chi connectivity index (χ2n) is 19.8. The fraction of sp³-hybridized carbons (Fsp3) is 0.377. The van der Waals surface area contributed by atoms with Crippen molar-refractivity contribution in [3.8, 4) is 0 Å². The van der Waals surface area contributed by atoms with Crippen LogP contribution in [0.15, 0.2) is 119 Å². The SMILES string of the molecule is CCC1OC(n2ccc(CC(=O)c3ccccc3)nc2=O)C(OC)C1OC(=O)COC(=O)c1cc(C)c(C)c(C)c1.COC1C(OC(=O)COC(=O)c2cc(C)c(C)c(C)c2)C(CO)OC1n1ccc(CC(=O)c2ccccc2)nc1=O. The Hall–Kier alpha value is -8.34. The fourth-order valence-corrected chi connectivity index (χ4v) is 9.48. The van der Waals surface area contributed by atoms with Gasteiger partial charge in [0.25, 0.3) is 0 Å². The number of carbonyl (C=O) groups excluding carboxylic acids is 6. The number of esters is 4.